The predicted molar refractivity (Wildman–Crippen MR) is 55.6 cm³/mol. The topological polar surface area (TPSA) is 30.7 Å². The maximum atomic E-state index is 4.41. The van der Waals surface area contributed by atoms with Gasteiger partial charge in [0.25, 0.3) is 0 Å². The van der Waals surface area contributed by atoms with Gasteiger partial charge in [-0.15, -0.1) is 0 Å². The second-order valence-electron chi connectivity index (χ2n) is 3.48. The van der Waals surface area contributed by atoms with Gasteiger partial charge < -0.3 is 4.57 Å². The van der Waals surface area contributed by atoms with E-state index in [9.17, 15) is 0 Å². The highest BCUT2D eigenvalue weighted by molar-refractivity contribution is 5.37. The molecule has 3 nitrogen and oxygen atoms in total. The Balaban J connectivity index is 2.52. The van der Waals surface area contributed by atoms with Crippen molar-refractivity contribution in [3.8, 4) is 5.69 Å². The average molecular weight is 187 g/mol. The fourth-order valence-corrected chi connectivity index (χ4v) is 1.51. The Hall–Kier alpha value is -1.64. The number of hydrogen-bond donors (Lipinski definition) is 0. The zero-order valence-electron chi connectivity index (χ0n) is 8.65. The van der Waals surface area contributed by atoms with Crippen molar-refractivity contribution in [2.24, 2.45) is 0 Å². The van der Waals surface area contributed by atoms with Crippen LogP contribution in [0.1, 0.15) is 17.1 Å². The molecule has 2 aromatic rings. The molecule has 0 fully saturated rings. The Morgan fingerprint density at radius 3 is 2.43 bits per heavy atom. The molecule has 0 N–H and O–H groups in total. The van der Waals surface area contributed by atoms with Gasteiger partial charge in [-0.05, 0) is 32.9 Å². The lowest BCUT2D eigenvalue weighted by molar-refractivity contribution is 0.992. The van der Waals surface area contributed by atoms with Crippen molar-refractivity contribution in [1.82, 2.24) is 14.5 Å². The molecule has 3 heteroatoms. The highest BCUT2D eigenvalue weighted by Crippen LogP contribution is 2.12. The van der Waals surface area contributed by atoms with Crippen LogP contribution < -0.4 is 0 Å². The number of nitrogens with zero attached hydrogens (tertiary/aromatic N) is 3. The molecule has 2 aromatic heterocycles. The smallest absolute Gasteiger partial charge is 0.0995 e. The highest BCUT2D eigenvalue weighted by Gasteiger charge is 2.02. The van der Waals surface area contributed by atoms with E-state index in [0.717, 1.165) is 22.8 Å². The summed E-state index contributed by atoms with van der Waals surface area (Å²) in [6.07, 6.45) is 3.81. The zero-order valence-corrected chi connectivity index (χ0v) is 8.65. The molecule has 14 heavy (non-hydrogen) atoms. The van der Waals surface area contributed by atoms with E-state index in [4.69, 9.17) is 0 Å². The number of aromatic nitrogens is 3. The third kappa shape index (κ3) is 1.53. The summed E-state index contributed by atoms with van der Waals surface area (Å²) < 4.78 is 2.00. The lowest BCUT2D eigenvalue weighted by Gasteiger charge is -2.05. The fraction of sp³-hybridized carbons (Fsp3) is 0.273. The van der Waals surface area contributed by atoms with Crippen molar-refractivity contribution in [3.63, 3.8) is 0 Å². The average Bonchev–Trinajstić information content (AvgIpc) is 2.51. The van der Waals surface area contributed by atoms with Crippen LogP contribution in [0.2, 0.25) is 0 Å². The minimum absolute atomic E-state index is 1.02. The Morgan fingerprint density at radius 2 is 1.86 bits per heavy atom. The van der Waals surface area contributed by atoms with Crippen LogP contribution in [0.4, 0.5) is 0 Å². The molecule has 0 saturated heterocycles. The molecule has 0 aliphatic carbocycles. The fourth-order valence-electron chi connectivity index (χ4n) is 1.51. The number of imidazole rings is 1. The second-order valence-corrected chi connectivity index (χ2v) is 3.48. The normalized spacial score (nSPS) is 10.5. The molecule has 0 aromatic carbocycles. The molecule has 0 spiro atoms. The van der Waals surface area contributed by atoms with Crippen LogP contribution in [-0.2, 0) is 0 Å². The van der Waals surface area contributed by atoms with Crippen LogP contribution in [0.15, 0.2) is 24.7 Å². The first-order valence-electron chi connectivity index (χ1n) is 4.62. The minimum Gasteiger partial charge on any atom is -0.304 e. The Labute approximate surface area is 83.4 Å². The molecule has 2 heterocycles. The van der Waals surface area contributed by atoms with Crippen molar-refractivity contribution in [3.05, 3.63) is 41.7 Å². The highest BCUT2D eigenvalue weighted by atomic mass is 15.0. The Morgan fingerprint density at radius 1 is 1.07 bits per heavy atom. The molecule has 0 aliphatic rings. The van der Waals surface area contributed by atoms with E-state index in [1.807, 2.05) is 43.9 Å². The van der Waals surface area contributed by atoms with E-state index in [2.05, 4.69) is 16.0 Å². The second kappa shape index (κ2) is 3.25. The monoisotopic (exact) mass is 187 g/mol. The van der Waals surface area contributed by atoms with Crippen LogP contribution in [0.5, 0.6) is 0 Å². The van der Waals surface area contributed by atoms with Gasteiger partial charge >= 0.3 is 0 Å². The lowest BCUT2D eigenvalue weighted by atomic mass is 10.3. The van der Waals surface area contributed by atoms with E-state index in [1.54, 1.807) is 0 Å². The van der Waals surface area contributed by atoms with Crippen molar-refractivity contribution < 1.29 is 0 Å². The van der Waals surface area contributed by atoms with E-state index < -0.39 is 0 Å². The van der Waals surface area contributed by atoms with Crippen LogP contribution >= 0.6 is 0 Å². The van der Waals surface area contributed by atoms with Crippen LogP contribution in [0.3, 0.4) is 0 Å². The maximum absolute atomic E-state index is 4.41. The van der Waals surface area contributed by atoms with Crippen molar-refractivity contribution in [2.45, 2.75) is 20.8 Å². The van der Waals surface area contributed by atoms with Crippen molar-refractivity contribution in [2.75, 3.05) is 0 Å². The quantitative estimate of drug-likeness (QED) is 0.685. The number of pyridine rings is 1. The summed E-state index contributed by atoms with van der Waals surface area (Å²) in [5.41, 5.74) is 4.19. The largest absolute Gasteiger partial charge is 0.304 e. The summed E-state index contributed by atoms with van der Waals surface area (Å²) in [5, 5.41) is 0. The summed E-state index contributed by atoms with van der Waals surface area (Å²) in [5.74, 6) is 0. The summed E-state index contributed by atoms with van der Waals surface area (Å²) in [6, 6.07) is 4.08. The zero-order chi connectivity index (χ0) is 10.1. The van der Waals surface area contributed by atoms with Crippen LogP contribution in [0, 0.1) is 20.8 Å². The minimum atomic E-state index is 1.02. The first-order valence-corrected chi connectivity index (χ1v) is 4.62. The molecular weight excluding hydrogens is 174 g/mol. The SMILES string of the molecule is Cc1cn(-c2ccc(C)nc2C)cn1. The first-order chi connectivity index (χ1) is 6.66. The standard InChI is InChI=1S/C11H13N3/c1-8-4-5-11(10(3)13-8)14-6-9(2)12-7-14/h4-7H,1-3H3. The predicted octanol–water partition coefficient (Wildman–Crippen LogP) is 2.19. The molecule has 0 atom stereocenters. The number of hydrogen-bond acceptors (Lipinski definition) is 2. The van der Waals surface area contributed by atoms with Gasteiger partial charge in [-0.25, -0.2) is 4.98 Å². The molecule has 0 aliphatic heterocycles. The molecule has 0 unspecified atom stereocenters. The molecule has 0 amide bonds. The van der Waals surface area contributed by atoms with Gasteiger partial charge in [0.2, 0.25) is 0 Å². The Kier molecular flexibility index (Phi) is 2.08. The summed E-state index contributed by atoms with van der Waals surface area (Å²) in [6.45, 7) is 5.99. The molecule has 72 valence electrons. The van der Waals surface area contributed by atoms with Crippen molar-refractivity contribution in [1.29, 1.82) is 0 Å². The maximum Gasteiger partial charge on any atom is 0.0995 e. The van der Waals surface area contributed by atoms with Crippen LogP contribution in [-0.4, -0.2) is 14.5 Å². The van der Waals surface area contributed by atoms with E-state index in [-0.39, 0.29) is 0 Å². The van der Waals surface area contributed by atoms with Gasteiger partial charge in [-0.1, -0.05) is 0 Å². The third-order valence-electron chi connectivity index (χ3n) is 2.19. The van der Waals surface area contributed by atoms with Gasteiger partial charge in [0.15, 0.2) is 0 Å². The summed E-state index contributed by atoms with van der Waals surface area (Å²) in [4.78, 5) is 8.60. The lowest BCUT2D eigenvalue weighted by Crippen LogP contribution is -1.97. The van der Waals surface area contributed by atoms with Gasteiger partial charge in [0.05, 0.1) is 23.4 Å². The van der Waals surface area contributed by atoms with Crippen LogP contribution in [0.25, 0.3) is 5.69 Å². The van der Waals surface area contributed by atoms with E-state index >= 15 is 0 Å². The van der Waals surface area contributed by atoms with E-state index in [0.29, 0.717) is 0 Å². The molecule has 0 bridgehead atoms. The molecule has 0 saturated carbocycles. The van der Waals surface area contributed by atoms with E-state index in [1.165, 1.54) is 0 Å². The molecule has 0 radical (unpaired) electrons. The first kappa shape index (κ1) is 8.94. The summed E-state index contributed by atoms with van der Waals surface area (Å²) >= 11 is 0. The van der Waals surface area contributed by atoms with Gasteiger partial charge in [0.1, 0.15) is 0 Å². The van der Waals surface area contributed by atoms with Crippen molar-refractivity contribution >= 4 is 0 Å². The Bertz CT molecular complexity index is 457. The molecule has 2 rings (SSSR count). The summed E-state index contributed by atoms with van der Waals surface area (Å²) in [7, 11) is 0. The van der Waals surface area contributed by atoms with Gasteiger partial charge in [0, 0.05) is 11.9 Å². The van der Waals surface area contributed by atoms with Gasteiger partial charge in [-0.3, -0.25) is 4.98 Å². The molecular formula is C11H13N3. The third-order valence-corrected chi connectivity index (χ3v) is 2.19. The number of rotatable bonds is 1. The number of aryl methyl sites for hydroxylation is 3. The van der Waals surface area contributed by atoms with Gasteiger partial charge in [-0.2, -0.15) is 0 Å².